The van der Waals surface area contributed by atoms with Crippen molar-refractivity contribution < 1.29 is 0 Å². The van der Waals surface area contributed by atoms with Gasteiger partial charge in [-0.25, -0.2) is 0 Å². The Balaban J connectivity index is 1.19. The summed E-state index contributed by atoms with van der Waals surface area (Å²) in [4.78, 5) is 20.0. The second kappa shape index (κ2) is 10.3. The molecule has 0 aliphatic carbocycles. The SMILES string of the molecule is c1ccc(-c2nc(-c3ccccc3)nc(-c3cccc(-c4nc5c(ccc6[se]c7c8ccccc8ccc7c65)s4)c3)n2)cc1. The summed E-state index contributed by atoms with van der Waals surface area (Å²) in [6.07, 6.45) is 0. The Morgan fingerprint density at radius 2 is 1.11 bits per heavy atom. The molecule has 0 amide bonds. The fourth-order valence-electron chi connectivity index (χ4n) is 5.83. The van der Waals surface area contributed by atoms with Gasteiger partial charge in [0.25, 0.3) is 0 Å². The molecule has 0 saturated heterocycles. The Morgan fingerprint density at radius 1 is 0.477 bits per heavy atom. The molecule has 0 atom stereocenters. The topological polar surface area (TPSA) is 51.6 Å². The number of hydrogen-bond acceptors (Lipinski definition) is 5. The number of thiazole rings is 1. The molecule has 6 heteroatoms. The van der Waals surface area contributed by atoms with E-state index in [2.05, 4.69) is 72.8 Å². The van der Waals surface area contributed by atoms with Crippen LogP contribution in [0.15, 0.2) is 133 Å². The summed E-state index contributed by atoms with van der Waals surface area (Å²) < 4.78 is 4.08. The van der Waals surface area contributed by atoms with Crippen LogP contribution in [0, 0.1) is 0 Å². The van der Waals surface area contributed by atoms with Crippen LogP contribution < -0.4 is 0 Å². The van der Waals surface area contributed by atoms with E-state index in [0.29, 0.717) is 17.5 Å². The molecule has 3 heterocycles. The van der Waals surface area contributed by atoms with E-state index in [1.807, 2.05) is 60.7 Å². The first-order valence-corrected chi connectivity index (χ1v) is 16.9. The summed E-state index contributed by atoms with van der Waals surface area (Å²) in [6.45, 7) is 0. The third-order valence-corrected chi connectivity index (χ3v) is 11.5. The Hall–Kier alpha value is -5.00. The number of fused-ring (bicyclic) bond motifs is 7. The minimum atomic E-state index is 0.259. The van der Waals surface area contributed by atoms with Gasteiger partial charge in [0.15, 0.2) is 0 Å². The molecule has 0 aliphatic heterocycles. The van der Waals surface area contributed by atoms with Crippen LogP contribution in [0.3, 0.4) is 0 Å². The van der Waals surface area contributed by atoms with E-state index >= 15 is 0 Å². The predicted molar refractivity (Wildman–Crippen MR) is 184 cm³/mol. The molecular weight excluding hydrogens is 623 g/mol. The maximum Gasteiger partial charge on any atom is -0.0512 e. The van der Waals surface area contributed by atoms with Crippen LogP contribution in [0.5, 0.6) is 0 Å². The molecule has 0 saturated carbocycles. The average Bonchev–Trinajstić information content (AvgIpc) is 3.71. The van der Waals surface area contributed by atoms with Crippen molar-refractivity contribution >= 4 is 66.1 Å². The Kier molecular flexibility index (Phi) is 5.98. The third kappa shape index (κ3) is 4.27. The normalized spacial score (nSPS) is 11.6. The van der Waals surface area contributed by atoms with E-state index in [4.69, 9.17) is 19.9 Å². The number of hydrogen-bond donors (Lipinski definition) is 0. The Labute approximate surface area is 263 Å². The summed E-state index contributed by atoms with van der Waals surface area (Å²) in [6, 6.07) is 46.4. The second-order valence-electron chi connectivity index (χ2n) is 10.7. The molecule has 0 fully saturated rings. The minimum absolute atomic E-state index is 0.259. The van der Waals surface area contributed by atoms with E-state index < -0.39 is 0 Å². The van der Waals surface area contributed by atoms with E-state index in [0.717, 1.165) is 32.8 Å². The molecule has 4 nitrogen and oxygen atoms in total. The summed E-state index contributed by atoms with van der Waals surface area (Å²) in [5, 5.41) is 6.30. The summed E-state index contributed by atoms with van der Waals surface area (Å²) in [5.74, 6) is 1.96. The van der Waals surface area contributed by atoms with Crippen molar-refractivity contribution in [3.8, 4) is 44.7 Å². The van der Waals surface area contributed by atoms with E-state index in [-0.39, 0.29) is 14.5 Å². The van der Waals surface area contributed by atoms with Crippen LogP contribution in [-0.2, 0) is 0 Å². The van der Waals surface area contributed by atoms with Crippen LogP contribution in [0.25, 0.3) is 85.0 Å². The van der Waals surface area contributed by atoms with E-state index in [1.54, 1.807) is 11.3 Å². The molecular formula is C38H22N4SSe. The smallest absolute Gasteiger partial charge is 0.0512 e. The fraction of sp³-hybridized carbons (Fsp3) is 0. The molecule has 44 heavy (non-hydrogen) atoms. The van der Waals surface area contributed by atoms with Gasteiger partial charge in [0.05, 0.1) is 0 Å². The third-order valence-electron chi connectivity index (χ3n) is 7.95. The van der Waals surface area contributed by atoms with Gasteiger partial charge < -0.3 is 0 Å². The number of rotatable bonds is 4. The predicted octanol–water partition coefficient (Wildman–Crippen LogP) is 9.67. The molecule has 0 bridgehead atoms. The summed E-state index contributed by atoms with van der Waals surface area (Å²) in [7, 11) is 0. The molecule has 206 valence electrons. The van der Waals surface area contributed by atoms with Crippen molar-refractivity contribution in [2.75, 3.05) is 0 Å². The van der Waals surface area contributed by atoms with Crippen LogP contribution in [0.1, 0.15) is 0 Å². The van der Waals surface area contributed by atoms with E-state index in [9.17, 15) is 0 Å². The van der Waals surface area contributed by atoms with Crippen molar-refractivity contribution in [1.82, 2.24) is 19.9 Å². The first kappa shape index (κ1) is 25.5. The standard InChI is InChI=1S/C38H22N4SSe/c1-3-11-24(12-4-1)35-40-36(25-13-5-2-6-14-25)42-37(41-35)26-15-9-16-27(22-26)38-39-33-30(43-38)20-21-31-32(33)29-19-18-23-10-7-8-17-28(23)34(29)44-31/h1-22H. The molecule has 0 unspecified atom stereocenters. The largest absolute Gasteiger partial charge is 0.0615 e. The number of aromatic nitrogens is 4. The fourth-order valence-corrected chi connectivity index (χ4v) is 9.41. The maximum absolute atomic E-state index is 5.27. The first-order valence-electron chi connectivity index (χ1n) is 14.4. The average molecular weight is 646 g/mol. The molecule has 0 radical (unpaired) electrons. The number of nitrogens with zero attached hydrogens (tertiary/aromatic N) is 4. The summed E-state index contributed by atoms with van der Waals surface area (Å²) >= 11 is 2.00. The Morgan fingerprint density at radius 3 is 1.86 bits per heavy atom. The van der Waals surface area contributed by atoms with Crippen molar-refractivity contribution in [3.05, 3.63) is 133 Å². The molecule has 0 spiro atoms. The zero-order valence-electron chi connectivity index (χ0n) is 23.3. The first-order chi connectivity index (χ1) is 21.8. The maximum atomic E-state index is 5.27. The van der Waals surface area contributed by atoms with Crippen LogP contribution in [0.4, 0.5) is 0 Å². The van der Waals surface area contributed by atoms with Gasteiger partial charge in [-0.15, -0.1) is 0 Å². The van der Waals surface area contributed by atoms with Gasteiger partial charge in [0.1, 0.15) is 0 Å². The molecule has 0 N–H and O–H groups in total. The molecule has 3 aromatic heterocycles. The Bertz CT molecular complexity index is 2440. The van der Waals surface area contributed by atoms with Crippen molar-refractivity contribution in [3.63, 3.8) is 0 Å². The zero-order valence-corrected chi connectivity index (χ0v) is 25.8. The van der Waals surface area contributed by atoms with Gasteiger partial charge in [-0.3, -0.25) is 0 Å². The molecule has 9 aromatic rings. The molecule has 0 aliphatic rings. The second-order valence-corrected chi connectivity index (χ2v) is 13.9. The van der Waals surface area contributed by atoms with Gasteiger partial charge in [0.2, 0.25) is 0 Å². The monoisotopic (exact) mass is 646 g/mol. The van der Waals surface area contributed by atoms with Gasteiger partial charge >= 0.3 is 204 Å². The van der Waals surface area contributed by atoms with Gasteiger partial charge in [0, 0.05) is 0 Å². The van der Waals surface area contributed by atoms with Gasteiger partial charge in [-0.2, -0.15) is 0 Å². The van der Waals surface area contributed by atoms with Crippen LogP contribution >= 0.6 is 11.3 Å². The van der Waals surface area contributed by atoms with E-state index in [1.165, 1.54) is 34.8 Å². The summed E-state index contributed by atoms with van der Waals surface area (Å²) in [5.41, 5.74) is 5.01. The quantitative estimate of drug-likeness (QED) is 0.179. The number of benzene rings is 6. The van der Waals surface area contributed by atoms with Gasteiger partial charge in [-0.05, 0) is 0 Å². The minimum Gasteiger partial charge on any atom is -0.0615 e. The van der Waals surface area contributed by atoms with Gasteiger partial charge in [-0.1, -0.05) is 60.7 Å². The van der Waals surface area contributed by atoms with Crippen molar-refractivity contribution in [1.29, 1.82) is 0 Å². The van der Waals surface area contributed by atoms with Crippen LogP contribution in [0.2, 0.25) is 0 Å². The van der Waals surface area contributed by atoms with Crippen LogP contribution in [-0.4, -0.2) is 34.4 Å². The van der Waals surface area contributed by atoms with Crippen molar-refractivity contribution in [2.45, 2.75) is 0 Å². The van der Waals surface area contributed by atoms with Crippen molar-refractivity contribution in [2.24, 2.45) is 0 Å². The molecule has 6 aromatic carbocycles. The zero-order chi connectivity index (χ0) is 29.0. The molecule has 9 rings (SSSR count).